The van der Waals surface area contributed by atoms with Gasteiger partial charge in [0.2, 0.25) is 17.7 Å². The fraction of sp³-hybridized carbons (Fsp3) is 0.348. The van der Waals surface area contributed by atoms with E-state index < -0.39 is 35.0 Å². The normalized spacial score (nSPS) is 32.0. The second kappa shape index (κ2) is 5.76. The largest absolute Gasteiger partial charge is 0.324 e. The van der Waals surface area contributed by atoms with Crippen molar-refractivity contribution in [1.29, 1.82) is 0 Å². The number of hydrogen-bond acceptors (Lipinski definition) is 4. The van der Waals surface area contributed by atoms with E-state index in [1.807, 2.05) is 25.1 Å². The summed E-state index contributed by atoms with van der Waals surface area (Å²) >= 11 is 0. The van der Waals surface area contributed by atoms with Gasteiger partial charge in [0.1, 0.15) is 11.4 Å². The molecule has 4 aliphatic rings. The lowest BCUT2D eigenvalue weighted by Crippen LogP contribution is -2.54. The molecule has 30 heavy (non-hydrogen) atoms. The highest BCUT2D eigenvalue weighted by Crippen LogP contribution is 2.61. The molecule has 4 atom stereocenters. The highest BCUT2D eigenvalue weighted by Gasteiger charge is 2.74. The number of aryl methyl sites for hydroxylation is 1. The molecule has 0 aromatic heterocycles. The molecule has 6 nitrogen and oxygen atoms in total. The summed E-state index contributed by atoms with van der Waals surface area (Å²) < 4.78 is 14.5. The van der Waals surface area contributed by atoms with Crippen LogP contribution in [-0.2, 0) is 19.9 Å². The third-order valence-corrected chi connectivity index (χ3v) is 7.33. The summed E-state index contributed by atoms with van der Waals surface area (Å²) in [6.45, 7) is 2.57. The molecular weight excluding hydrogens is 385 g/mol. The molecule has 0 unspecified atom stereocenters. The van der Waals surface area contributed by atoms with Crippen LogP contribution >= 0.6 is 0 Å². The standard InChI is InChI=1S/C23H20FN3O3/c1-12-6-4-7-13-19(12)25-22(30)23(13)18-17(16-10-5-11-26(16)23)20(28)27(21(18)29)15-9-3-2-8-14(15)24/h2-4,6-9,16-18H,5,10-11H2,1H3,(H,25,30)/t16-,17+,18-,23-/m0/s1. The third kappa shape index (κ3) is 1.85. The number of imide groups is 1. The maximum Gasteiger partial charge on any atom is 0.250 e. The van der Waals surface area contributed by atoms with Crippen LogP contribution in [0.4, 0.5) is 15.8 Å². The van der Waals surface area contributed by atoms with Crippen molar-refractivity contribution in [2.75, 3.05) is 16.8 Å². The van der Waals surface area contributed by atoms with Crippen molar-refractivity contribution in [3.63, 3.8) is 0 Å². The molecule has 152 valence electrons. The average molecular weight is 405 g/mol. The summed E-state index contributed by atoms with van der Waals surface area (Å²) in [4.78, 5) is 43.8. The van der Waals surface area contributed by atoms with Crippen molar-refractivity contribution in [1.82, 2.24) is 4.90 Å². The Bertz CT molecular complexity index is 1150. The van der Waals surface area contributed by atoms with Crippen molar-refractivity contribution in [3.8, 4) is 0 Å². The number of para-hydroxylation sites is 2. The molecule has 4 heterocycles. The van der Waals surface area contributed by atoms with Crippen LogP contribution in [0.1, 0.15) is 24.0 Å². The molecule has 7 heteroatoms. The van der Waals surface area contributed by atoms with Gasteiger partial charge < -0.3 is 5.32 Å². The van der Waals surface area contributed by atoms with Crippen LogP contribution in [0.25, 0.3) is 0 Å². The van der Waals surface area contributed by atoms with Crippen LogP contribution in [0.2, 0.25) is 0 Å². The van der Waals surface area contributed by atoms with E-state index in [4.69, 9.17) is 0 Å². The van der Waals surface area contributed by atoms with Crippen LogP contribution in [0.15, 0.2) is 42.5 Å². The first-order valence-electron chi connectivity index (χ1n) is 10.3. The predicted octanol–water partition coefficient (Wildman–Crippen LogP) is 2.57. The molecule has 1 N–H and O–H groups in total. The van der Waals surface area contributed by atoms with Gasteiger partial charge >= 0.3 is 0 Å². The van der Waals surface area contributed by atoms with E-state index in [0.717, 1.165) is 34.6 Å². The Morgan fingerprint density at radius 3 is 2.67 bits per heavy atom. The number of fused-ring (bicyclic) bond motifs is 7. The number of rotatable bonds is 1. The smallest absolute Gasteiger partial charge is 0.250 e. The van der Waals surface area contributed by atoms with E-state index in [1.54, 1.807) is 6.07 Å². The molecule has 6 rings (SSSR count). The monoisotopic (exact) mass is 405 g/mol. The molecule has 1 spiro atoms. The fourth-order valence-corrected chi connectivity index (χ4v) is 6.25. The Kier molecular flexibility index (Phi) is 3.41. The molecular formula is C23H20FN3O3. The number of anilines is 2. The minimum Gasteiger partial charge on any atom is -0.324 e. The van der Waals surface area contributed by atoms with Gasteiger partial charge in [-0.1, -0.05) is 30.3 Å². The first-order chi connectivity index (χ1) is 14.5. The number of hydrogen-bond donors (Lipinski definition) is 1. The molecule has 3 fully saturated rings. The molecule has 0 bridgehead atoms. The SMILES string of the molecule is Cc1cccc2c1NC(=O)[C@@]21[C@@H]2C(=O)N(c3ccccc3F)C(=O)[C@@H]2[C@@H]2CCCN21. The second-order valence-corrected chi connectivity index (χ2v) is 8.59. The maximum absolute atomic E-state index is 14.5. The number of carbonyl (C=O) groups excluding carboxylic acids is 3. The number of benzene rings is 2. The number of amides is 3. The molecule has 4 aliphatic heterocycles. The van der Waals surface area contributed by atoms with Crippen molar-refractivity contribution < 1.29 is 18.8 Å². The maximum atomic E-state index is 14.5. The van der Waals surface area contributed by atoms with E-state index in [-0.39, 0.29) is 17.6 Å². The lowest BCUT2D eigenvalue weighted by atomic mass is 9.75. The Hall–Kier alpha value is -3.06. The molecule has 3 amide bonds. The van der Waals surface area contributed by atoms with Crippen molar-refractivity contribution >= 4 is 29.1 Å². The summed E-state index contributed by atoms with van der Waals surface area (Å²) in [7, 11) is 0. The first-order valence-corrected chi connectivity index (χ1v) is 10.3. The van der Waals surface area contributed by atoms with Gasteiger partial charge in [-0.05, 0) is 44.0 Å². The average Bonchev–Trinajstić information content (AvgIpc) is 3.42. The Labute approximate surface area is 172 Å². The summed E-state index contributed by atoms with van der Waals surface area (Å²) in [6.07, 6.45) is 1.59. The fourth-order valence-electron chi connectivity index (χ4n) is 6.25. The van der Waals surface area contributed by atoms with Gasteiger partial charge in [-0.15, -0.1) is 0 Å². The molecule has 3 saturated heterocycles. The van der Waals surface area contributed by atoms with Gasteiger partial charge in [0, 0.05) is 17.3 Å². The molecule has 2 aromatic carbocycles. The van der Waals surface area contributed by atoms with E-state index in [0.29, 0.717) is 6.54 Å². The zero-order chi connectivity index (χ0) is 20.8. The van der Waals surface area contributed by atoms with Crippen molar-refractivity contribution in [2.45, 2.75) is 31.3 Å². The molecule has 0 aliphatic carbocycles. The van der Waals surface area contributed by atoms with Gasteiger partial charge in [0.05, 0.1) is 17.5 Å². The highest BCUT2D eigenvalue weighted by molar-refractivity contribution is 6.26. The number of halogens is 1. The zero-order valence-corrected chi connectivity index (χ0v) is 16.4. The van der Waals surface area contributed by atoms with Crippen LogP contribution in [-0.4, -0.2) is 35.2 Å². The topological polar surface area (TPSA) is 69.7 Å². The lowest BCUT2D eigenvalue weighted by molar-refractivity contribution is -0.135. The molecule has 0 saturated carbocycles. The van der Waals surface area contributed by atoms with Gasteiger partial charge in [0.25, 0.3) is 0 Å². The van der Waals surface area contributed by atoms with Gasteiger partial charge in [-0.3, -0.25) is 19.3 Å². The van der Waals surface area contributed by atoms with Crippen LogP contribution in [0, 0.1) is 24.6 Å². The van der Waals surface area contributed by atoms with Crippen molar-refractivity contribution in [2.24, 2.45) is 11.8 Å². The Morgan fingerprint density at radius 1 is 1.07 bits per heavy atom. The number of nitrogens with zero attached hydrogens (tertiary/aromatic N) is 2. The van der Waals surface area contributed by atoms with Crippen LogP contribution < -0.4 is 10.2 Å². The van der Waals surface area contributed by atoms with Crippen LogP contribution in [0.3, 0.4) is 0 Å². The van der Waals surface area contributed by atoms with Crippen LogP contribution in [0.5, 0.6) is 0 Å². The van der Waals surface area contributed by atoms with Gasteiger partial charge in [-0.25, -0.2) is 9.29 Å². The second-order valence-electron chi connectivity index (χ2n) is 8.59. The van der Waals surface area contributed by atoms with E-state index in [9.17, 15) is 18.8 Å². The van der Waals surface area contributed by atoms with E-state index in [1.165, 1.54) is 18.2 Å². The number of carbonyl (C=O) groups is 3. The van der Waals surface area contributed by atoms with Gasteiger partial charge in [-0.2, -0.15) is 0 Å². The van der Waals surface area contributed by atoms with E-state index in [2.05, 4.69) is 10.2 Å². The zero-order valence-electron chi connectivity index (χ0n) is 16.4. The molecule has 0 radical (unpaired) electrons. The van der Waals surface area contributed by atoms with Gasteiger partial charge in [0.15, 0.2) is 0 Å². The first kappa shape index (κ1) is 17.8. The summed E-state index contributed by atoms with van der Waals surface area (Å²) in [6, 6.07) is 11.3. The molecule has 2 aromatic rings. The third-order valence-electron chi connectivity index (χ3n) is 7.33. The van der Waals surface area contributed by atoms with Crippen molar-refractivity contribution in [3.05, 3.63) is 59.4 Å². The lowest BCUT2D eigenvalue weighted by Gasteiger charge is -2.36. The Balaban J connectivity index is 1.59. The van der Waals surface area contributed by atoms with E-state index >= 15 is 0 Å². The minimum atomic E-state index is -1.22. The minimum absolute atomic E-state index is 0.0375. The number of nitrogens with one attached hydrogen (secondary N) is 1. The predicted molar refractivity (Wildman–Crippen MR) is 107 cm³/mol. The summed E-state index contributed by atoms with van der Waals surface area (Å²) in [5.41, 5.74) is 1.13. The summed E-state index contributed by atoms with van der Waals surface area (Å²) in [5.74, 6) is -3.30. The quantitative estimate of drug-likeness (QED) is 0.741. The highest BCUT2D eigenvalue weighted by atomic mass is 19.1. The summed E-state index contributed by atoms with van der Waals surface area (Å²) in [5, 5.41) is 2.99. The Morgan fingerprint density at radius 2 is 1.87 bits per heavy atom.